The minimum atomic E-state index is 0.177. The van der Waals surface area contributed by atoms with Crippen molar-refractivity contribution in [1.82, 2.24) is 4.98 Å². The fourth-order valence-corrected chi connectivity index (χ4v) is 6.17. The Labute approximate surface area is 241 Å². The summed E-state index contributed by atoms with van der Waals surface area (Å²) >= 11 is 1.78. The van der Waals surface area contributed by atoms with Crippen molar-refractivity contribution in [3.63, 3.8) is 0 Å². The Morgan fingerprint density at radius 2 is 1.44 bits per heavy atom. The topological polar surface area (TPSA) is 61.5 Å². The predicted molar refractivity (Wildman–Crippen MR) is 174 cm³/mol. The average molecular weight is 545 g/mol. The Morgan fingerprint density at radius 3 is 2.27 bits per heavy atom. The van der Waals surface area contributed by atoms with Crippen LogP contribution in [0.5, 0.6) is 0 Å². The Bertz CT molecular complexity index is 2110. The van der Waals surface area contributed by atoms with Gasteiger partial charge in [-0.25, -0.2) is 9.98 Å². The largest absolute Gasteiger partial charge is 0.282 e. The standard InChI is InChI=1S/C36H24N4S/c37-35(24-9-3-1-4-10-24)40-36(25-11-5-2-6-12-25)39-23-29-13-7-15-33-34(29)30-22-27(17-19-32(30)41-33)26-16-18-31-28(21-26)14-8-20-38-31/h1-23,37H. The Balaban J connectivity index is 1.33. The molecule has 7 rings (SSSR count). The summed E-state index contributed by atoms with van der Waals surface area (Å²) in [5, 5.41) is 12.1. The third-order valence-corrected chi connectivity index (χ3v) is 8.22. The van der Waals surface area contributed by atoms with Crippen molar-refractivity contribution in [2.24, 2.45) is 9.98 Å². The van der Waals surface area contributed by atoms with Crippen LogP contribution in [0.4, 0.5) is 0 Å². The van der Waals surface area contributed by atoms with Crippen molar-refractivity contribution in [1.29, 1.82) is 5.41 Å². The zero-order chi connectivity index (χ0) is 27.6. The number of fused-ring (bicyclic) bond motifs is 4. The van der Waals surface area contributed by atoms with E-state index in [1.807, 2.05) is 79.1 Å². The van der Waals surface area contributed by atoms with Crippen molar-refractivity contribution in [2.75, 3.05) is 0 Å². The molecule has 0 spiro atoms. The molecule has 1 N–H and O–H groups in total. The molecule has 0 bridgehead atoms. The molecule has 0 unspecified atom stereocenters. The summed E-state index contributed by atoms with van der Waals surface area (Å²) in [6.45, 7) is 0. The van der Waals surface area contributed by atoms with E-state index >= 15 is 0 Å². The maximum Gasteiger partial charge on any atom is 0.161 e. The molecule has 0 fully saturated rings. The van der Waals surface area contributed by atoms with Gasteiger partial charge in [0.25, 0.3) is 0 Å². The van der Waals surface area contributed by atoms with Crippen molar-refractivity contribution in [2.45, 2.75) is 0 Å². The highest BCUT2D eigenvalue weighted by molar-refractivity contribution is 7.25. The second kappa shape index (κ2) is 10.7. The van der Waals surface area contributed by atoms with Gasteiger partial charge < -0.3 is 0 Å². The fourth-order valence-electron chi connectivity index (χ4n) is 5.05. The number of amidine groups is 2. The van der Waals surface area contributed by atoms with Crippen molar-refractivity contribution < 1.29 is 0 Å². The molecule has 7 aromatic rings. The molecule has 0 radical (unpaired) electrons. The molecule has 0 saturated carbocycles. The van der Waals surface area contributed by atoms with Crippen LogP contribution in [0.2, 0.25) is 0 Å². The summed E-state index contributed by atoms with van der Waals surface area (Å²) in [7, 11) is 0. The summed E-state index contributed by atoms with van der Waals surface area (Å²) < 4.78 is 2.44. The van der Waals surface area contributed by atoms with E-state index in [1.165, 1.54) is 20.2 Å². The number of pyridine rings is 1. The SMILES string of the molecule is N=C(N=C(N=Cc1cccc2sc3ccc(-c4ccc5ncccc5c4)cc3c12)c1ccccc1)c1ccccc1. The molecule has 0 aliphatic carbocycles. The van der Waals surface area contributed by atoms with Crippen LogP contribution in [0.15, 0.2) is 144 Å². The molecule has 2 heterocycles. The number of nitrogens with zero attached hydrogens (tertiary/aromatic N) is 3. The van der Waals surface area contributed by atoms with Crippen LogP contribution in [-0.2, 0) is 0 Å². The first kappa shape index (κ1) is 24.8. The molecular weight excluding hydrogens is 520 g/mol. The van der Waals surface area contributed by atoms with Gasteiger partial charge in [0.15, 0.2) is 11.7 Å². The van der Waals surface area contributed by atoms with E-state index in [2.05, 4.69) is 70.6 Å². The third kappa shape index (κ3) is 4.95. The quantitative estimate of drug-likeness (QED) is 0.174. The second-order valence-corrected chi connectivity index (χ2v) is 10.8. The number of aromatic nitrogens is 1. The average Bonchev–Trinajstić information content (AvgIpc) is 3.42. The number of nitrogens with one attached hydrogen (secondary N) is 1. The molecule has 41 heavy (non-hydrogen) atoms. The highest BCUT2D eigenvalue weighted by atomic mass is 32.1. The van der Waals surface area contributed by atoms with Crippen molar-refractivity contribution >= 4 is 60.3 Å². The first-order valence-corrected chi connectivity index (χ1v) is 14.2. The molecule has 2 aromatic heterocycles. The van der Waals surface area contributed by atoms with Gasteiger partial charge in [-0.3, -0.25) is 10.4 Å². The number of rotatable bonds is 4. The summed E-state index contributed by atoms with van der Waals surface area (Å²) in [4.78, 5) is 14.0. The predicted octanol–water partition coefficient (Wildman–Crippen LogP) is 9.16. The van der Waals surface area contributed by atoms with E-state index < -0.39 is 0 Å². The summed E-state index contributed by atoms with van der Waals surface area (Å²) in [5.41, 5.74) is 5.95. The normalized spacial score (nSPS) is 12.0. The number of thiophene rings is 1. The van der Waals surface area contributed by atoms with Gasteiger partial charge in [0, 0.05) is 54.7 Å². The van der Waals surface area contributed by atoms with Crippen LogP contribution in [0.1, 0.15) is 16.7 Å². The van der Waals surface area contributed by atoms with Crippen LogP contribution in [0, 0.1) is 5.41 Å². The van der Waals surface area contributed by atoms with Gasteiger partial charge in [-0.05, 0) is 47.5 Å². The molecule has 0 atom stereocenters. The second-order valence-electron chi connectivity index (χ2n) is 9.72. The van der Waals surface area contributed by atoms with E-state index in [4.69, 9.17) is 10.4 Å². The lowest BCUT2D eigenvalue weighted by Gasteiger charge is -2.06. The Hall–Kier alpha value is -5.26. The molecule has 0 aliphatic heterocycles. The van der Waals surface area contributed by atoms with Gasteiger partial charge in [0.05, 0.1) is 5.52 Å². The molecular formula is C36H24N4S. The molecule has 0 aliphatic rings. The molecule has 0 amide bonds. The summed E-state index contributed by atoms with van der Waals surface area (Å²) in [6.07, 6.45) is 3.71. The minimum Gasteiger partial charge on any atom is -0.282 e. The summed E-state index contributed by atoms with van der Waals surface area (Å²) in [6, 6.07) is 42.9. The Kier molecular flexibility index (Phi) is 6.47. The van der Waals surface area contributed by atoms with Gasteiger partial charge in [0.1, 0.15) is 0 Å². The zero-order valence-corrected chi connectivity index (χ0v) is 22.8. The maximum absolute atomic E-state index is 8.60. The molecule has 5 aromatic carbocycles. The van der Waals surface area contributed by atoms with Crippen LogP contribution < -0.4 is 0 Å². The van der Waals surface area contributed by atoms with Gasteiger partial charge in [-0.2, -0.15) is 0 Å². The van der Waals surface area contributed by atoms with Gasteiger partial charge in [-0.1, -0.05) is 91.0 Å². The maximum atomic E-state index is 8.60. The third-order valence-electron chi connectivity index (χ3n) is 7.09. The Morgan fingerprint density at radius 1 is 0.683 bits per heavy atom. The van der Waals surface area contributed by atoms with Crippen molar-refractivity contribution in [3.05, 3.63) is 150 Å². The lowest BCUT2D eigenvalue weighted by Crippen LogP contribution is -2.04. The van der Waals surface area contributed by atoms with E-state index in [1.54, 1.807) is 11.3 Å². The molecule has 194 valence electrons. The zero-order valence-electron chi connectivity index (χ0n) is 22.0. The van der Waals surface area contributed by atoms with Gasteiger partial charge in [0.2, 0.25) is 0 Å². The number of benzene rings is 5. The van der Waals surface area contributed by atoms with E-state index in [9.17, 15) is 0 Å². The van der Waals surface area contributed by atoms with E-state index in [0.717, 1.165) is 38.7 Å². The first-order chi connectivity index (χ1) is 20.2. The number of hydrogen-bond acceptors (Lipinski definition) is 3. The summed E-state index contributed by atoms with van der Waals surface area (Å²) in [5.74, 6) is 0.678. The van der Waals surface area contributed by atoms with Crippen LogP contribution >= 0.6 is 11.3 Å². The van der Waals surface area contributed by atoms with Gasteiger partial charge >= 0.3 is 0 Å². The smallest absolute Gasteiger partial charge is 0.161 e. The molecule has 0 saturated heterocycles. The van der Waals surface area contributed by atoms with E-state index in [-0.39, 0.29) is 5.84 Å². The van der Waals surface area contributed by atoms with Gasteiger partial charge in [-0.15, -0.1) is 11.3 Å². The van der Waals surface area contributed by atoms with Crippen LogP contribution in [0.3, 0.4) is 0 Å². The fraction of sp³-hybridized carbons (Fsp3) is 0. The number of hydrogen-bond donors (Lipinski definition) is 1. The lowest BCUT2D eigenvalue weighted by atomic mass is 10.00. The van der Waals surface area contributed by atoms with Crippen LogP contribution in [0.25, 0.3) is 42.2 Å². The highest BCUT2D eigenvalue weighted by Gasteiger charge is 2.11. The molecule has 5 heteroatoms. The monoisotopic (exact) mass is 544 g/mol. The highest BCUT2D eigenvalue weighted by Crippen LogP contribution is 2.38. The van der Waals surface area contributed by atoms with E-state index in [0.29, 0.717) is 5.84 Å². The van der Waals surface area contributed by atoms with Crippen LogP contribution in [-0.4, -0.2) is 22.9 Å². The van der Waals surface area contributed by atoms with Crippen molar-refractivity contribution in [3.8, 4) is 11.1 Å². The lowest BCUT2D eigenvalue weighted by molar-refractivity contribution is 1.40. The minimum absolute atomic E-state index is 0.177. The number of aliphatic imine (C=N–C) groups is 2. The molecule has 4 nitrogen and oxygen atoms in total. The first-order valence-electron chi connectivity index (χ1n) is 13.4.